The van der Waals surface area contributed by atoms with E-state index in [1.54, 1.807) is 35.2 Å². The van der Waals surface area contributed by atoms with E-state index in [0.29, 0.717) is 5.13 Å². The first-order valence-corrected chi connectivity index (χ1v) is 11.1. The minimum Gasteiger partial charge on any atom is -0.298 e. The summed E-state index contributed by atoms with van der Waals surface area (Å²) >= 11 is 2.40. The quantitative estimate of drug-likeness (QED) is 0.505. The van der Waals surface area contributed by atoms with Gasteiger partial charge in [0.05, 0.1) is 11.3 Å². The van der Waals surface area contributed by atoms with Crippen LogP contribution >= 0.6 is 22.7 Å². The van der Waals surface area contributed by atoms with Crippen LogP contribution in [0.25, 0.3) is 10.8 Å². The average molecular weight is 416 g/mol. The molecular weight excluding hydrogens is 402 g/mol. The summed E-state index contributed by atoms with van der Waals surface area (Å²) in [6.07, 6.45) is 1.58. The third-order valence-electron chi connectivity index (χ3n) is 3.79. The summed E-state index contributed by atoms with van der Waals surface area (Å²) in [7, 11) is -3.78. The van der Waals surface area contributed by atoms with Crippen LogP contribution in [0.5, 0.6) is 0 Å². The number of thiophene rings is 1. The first-order valence-electron chi connectivity index (χ1n) is 7.83. The van der Waals surface area contributed by atoms with Crippen LogP contribution in [0.1, 0.15) is 10.4 Å². The van der Waals surface area contributed by atoms with Crippen LogP contribution in [0.2, 0.25) is 0 Å². The Morgan fingerprint density at radius 1 is 0.963 bits per heavy atom. The van der Waals surface area contributed by atoms with Crippen molar-refractivity contribution >= 4 is 60.2 Å². The molecule has 2 aromatic carbocycles. The van der Waals surface area contributed by atoms with Gasteiger partial charge < -0.3 is 0 Å². The van der Waals surface area contributed by atoms with Gasteiger partial charge in [-0.15, -0.1) is 22.7 Å². The average Bonchev–Trinajstić information content (AvgIpc) is 3.35. The minimum atomic E-state index is -3.78. The number of sulfonamides is 1. The molecule has 0 aliphatic heterocycles. The molecule has 0 spiro atoms. The van der Waals surface area contributed by atoms with E-state index in [1.165, 1.54) is 17.4 Å². The molecule has 27 heavy (non-hydrogen) atoms. The van der Waals surface area contributed by atoms with Crippen molar-refractivity contribution in [2.45, 2.75) is 4.21 Å². The number of aromatic nitrogens is 1. The first-order chi connectivity index (χ1) is 13.0. The topological polar surface area (TPSA) is 88.2 Å². The van der Waals surface area contributed by atoms with E-state index in [-0.39, 0.29) is 15.5 Å². The highest BCUT2D eigenvalue weighted by Gasteiger charge is 2.21. The highest BCUT2D eigenvalue weighted by Crippen LogP contribution is 2.28. The lowest BCUT2D eigenvalue weighted by atomic mass is 10.0. The van der Waals surface area contributed by atoms with Gasteiger partial charge in [0.2, 0.25) is 0 Å². The molecule has 4 rings (SSSR count). The molecule has 2 heterocycles. The summed E-state index contributed by atoms with van der Waals surface area (Å²) < 4.78 is 28.0. The lowest BCUT2D eigenvalue weighted by Crippen LogP contribution is -2.18. The molecule has 0 unspecified atom stereocenters. The second-order valence-corrected chi connectivity index (χ2v) is 9.33. The number of carbonyl (C=O) groups excluding carboxylic acids is 1. The maximum absolute atomic E-state index is 12.8. The molecule has 0 radical (unpaired) electrons. The highest BCUT2D eigenvalue weighted by atomic mass is 32.2. The smallest absolute Gasteiger partial charge is 0.271 e. The van der Waals surface area contributed by atoms with Crippen molar-refractivity contribution in [1.82, 2.24) is 4.98 Å². The van der Waals surface area contributed by atoms with Gasteiger partial charge in [-0.3, -0.25) is 14.8 Å². The Balaban J connectivity index is 1.78. The van der Waals surface area contributed by atoms with E-state index in [0.717, 1.165) is 22.1 Å². The van der Waals surface area contributed by atoms with Gasteiger partial charge in [0.25, 0.3) is 15.9 Å². The predicted molar refractivity (Wildman–Crippen MR) is 109 cm³/mol. The number of rotatable bonds is 5. The van der Waals surface area contributed by atoms with Crippen molar-refractivity contribution in [3.63, 3.8) is 0 Å². The number of thiazole rings is 1. The molecule has 6 nitrogen and oxygen atoms in total. The number of carbonyl (C=O) groups is 1. The summed E-state index contributed by atoms with van der Waals surface area (Å²) in [6.45, 7) is 0. The van der Waals surface area contributed by atoms with Crippen molar-refractivity contribution in [2.75, 3.05) is 10.0 Å². The lowest BCUT2D eigenvalue weighted by Gasteiger charge is -2.13. The fourth-order valence-corrected chi connectivity index (χ4v) is 5.16. The van der Waals surface area contributed by atoms with Gasteiger partial charge in [-0.25, -0.2) is 13.4 Å². The third-order valence-corrected chi connectivity index (χ3v) is 7.24. The number of nitrogens with zero attached hydrogens (tertiary/aromatic N) is 1. The molecule has 0 saturated heterocycles. The van der Waals surface area contributed by atoms with Crippen molar-refractivity contribution in [1.29, 1.82) is 0 Å². The molecule has 2 aromatic heterocycles. The van der Waals surface area contributed by atoms with E-state index in [9.17, 15) is 13.2 Å². The maximum atomic E-state index is 12.8. The molecule has 0 aliphatic rings. The molecule has 0 aliphatic carbocycles. The van der Waals surface area contributed by atoms with Gasteiger partial charge in [0.15, 0.2) is 5.13 Å². The third kappa shape index (κ3) is 3.70. The Kier molecular flexibility index (Phi) is 4.65. The second kappa shape index (κ2) is 7.10. The lowest BCUT2D eigenvalue weighted by molar-refractivity contribution is 0.102. The Morgan fingerprint density at radius 3 is 2.41 bits per heavy atom. The second-order valence-electron chi connectivity index (χ2n) is 5.57. The fourth-order valence-electron chi connectivity index (χ4n) is 2.57. The van der Waals surface area contributed by atoms with Gasteiger partial charge in [0.1, 0.15) is 4.21 Å². The molecule has 0 fully saturated rings. The zero-order valence-electron chi connectivity index (χ0n) is 13.7. The van der Waals surface area contributed by atoms with E-state index in [2.05, 4.69) is 15.0 Å². The Bertz CT molecular complexity index is 1200. The highest BCUT2D eigenvalue weighted by molar-refractivity contribution is 7.94. The van der Waals surface area contributed by atoms with Gasteiger partial charge in [0, 0.05) is 11.6 Å². The number of benzene rings is 2. The molecule has 0 saturated carbocycles. The van der Waals surface area contributed by atoms with Crippen molar-refractivity contribution in [2.24, 2.45) is 0 Å². The van der Waals surface area contributed by atoms with E-state index < -0.39 is 15.9 Å². The molecule has 0 atom stereocenters. The van der Waals surface area contributed by atoms with Crippen molar-refractivity contribution in [3.8, 4) is 0 Å². The summed E-state index contributed by atoms with van der Waals surface area (Å²) in [4.78, 5) is 16.8. The Morgan fingerprint density at radius 2 is 1.74 bits per heavy atom. The number of hydrogen-bond acceptors (Lipinski definition) is 6. The van der Waals surface area contributed by atoms with Crippen LogP contribution in [0.4, 0.5) is 10.8 Å². The maximum Gasteiger partial charge on any atom is 0.271 e. The Hall–Kier alpha value is -2.75. The van der Waals surface area contributed by atoms with Crippen molar-refractivity contribution in [3.05, 3.63) is 71.1 Å². The molecule has 1 amide bonds. The summed E-state index contributed by atoms with van der Waals surface area (Å²) in [5.74, 6) is -0.431. The number of anilines is 2. The standard InChI is InChI=1S/C18H13N3O3S3/c22-17(20-18-19-7-9-26-18)14-10-12-4-1-2-5-13(12)11-15(14)21-27(23,24)16-6-3-8-25-16/h1-11,21H,(H,19,20,22). The van der Waals surface area contributed by atoms with Gasteiger partial charge in [-0.05, 0) is 34.4 Å². The normalized spacial score (nSPS) is 11.4. The zero-order chi connectivity index (χ0) is 18.9. The SMILES string of the molecule is O=C(Nc1nccs1)c1cc2ccccc2cc1NS(=O)(=O)c1cccs1. The molecule has 2 N–H and O–H groups in total. The fraction of sp³-hybridized carbons (Fsp3) is 0. The summed E-state index contributed by atoms with van der Waals surface area (Å²) in [6, 6.07) is 14.0. The molecule has 9 heteroatoms. The van der Waals surface area contributed by atoms with Crippen LogP contribution in [0, 0.1) is 0 Å². The van der Waals surface area contributed by atoms with Crippen molar-refractivity contribution < 1.29 is 13.2 Å². The number of amides is 1. The number of hydrogen-bond donors (Lipinski definition) is 2. The van der Waals surface area contributed by atoms with Crippen LogP contribution in [-0.2, 0) is 10.0 Å². The van der Waals surface area contributed by atoms with E-state index >= 15 is 0 Å². The number of nitrogens with one attached hydrogen (secondary N) is 2. The van der Waals surface area contributed by atoms with Crippen LogP contribution < -0.4 is 10.0 Å². The summed E-state index contributed by atoms with van der Waals surface area (Å²) in [5.41, 5.74) is 0.445. The molecular formula is C18H13N3O3S3. The van der Waals surface area contributed by atoms with Crippen LogP contribution in [-0.4, -0.2) is 19.3 Å². The van der Waals surface area contributed by atoms with Gasteiger partial charge in [-0.2, -0.15) is 0 Å². The van der Waals surface area contributed by atoms with Gasteiger partial charge in [-0.1, -0.05) is 30.3 Å². The predicted octanol–water partition coefficient (Wildman–Crippen LogP) is 4.41. The van der Waals surface area contributed by atoms with Crippen LogP contribution in [0.15, 0.2) is 69.7 Å². The zero-order valence-corrected chi connectivity index (χ0v) is 16.2. The monoisotopic (exact) mass is 415 g/mol. The van der Waals surface area contributed by atoms with Crippen LogP contribution in [0.3, 0.4) is 0 Å². The Labute approximate surface area is 163 Å². The largest absolute Gasteiger partial charge is 0.298 e. The minimum absolute atomic E-state index is 0.182. The summed E-state index contributed by atoms with van der Waals surface area (Å²) in [5, 5.41) is 8.24. The van der Waals surface area contributed by atoms with Gasteiger partial charge >= 0.3 is 0 Å². The number of fused-ring (bicyclic) bond motifs is 1. The van der Waals surface area contributed by atoms with E-state index in [1.807, 2.05) is 24.3 Å². The molecule has 0 bridgehead atoms. The van der Waals surface area contributed by atoms with E-state index in [4.69, 9.17) is 0 Å². The first kappa shape index (κ1) is 17.7. The molecule has 136 valence electrons. The molecule has 4 aromatic rings.